The van der Waals surface area contributed by atoms with Crippen LogP contribution < -0.4 is 0 Å². The topological polar surface area (TPSA) is 53.0 Å². The van der Waals surface area contributed by atoms with Crippen LogP contribution in [0.1, 0.15) is 52.9 Å². The van der Waals surface area contributed by atoms with E-state index in [4.69, 9.17) is 4.74 Å². The number of likely N-dealkylation sites (tertiary alicyclic amines) is 2. The summed E-state index contributed by atoms with van der Waals surface area (Å²) in [5.41, 5.74) is -0.433. The lowest BCUT2D eigenvalue weighted by molar-refractivity contribution is 0.00263. The molecule has 0 aliphatic carbocycles. The Labute approximate surface area is 134 Å². The molecule has 22 heavy (non-hydrogen) atoms. The number of hydrogen-bond donors (Lipinski definition) is 1. The Morgan fingerprint density at radius 2 is 1.95 bits per heavy atom. The molecular formula is C17H32N2O3. The van der Waals surface area contributed by atoms with Gasteiger partial charge in [0, 0.05) is 25.7 Å². The van der Waals surface area contributed by atoms with E-state index in [1.54, 1.807) is 0 Å². The van der Waals surface area contributed by atoms with E-state index in [9.17, 15) is 9.90 Å². The molecule has 5 nitrogen and oxygen atoms in total. The van der Waals surface area contributed by atoms with E-state index in [-0.39, 0.29) is 12.7 Å². The number of amides is 1. The summed E-state index contributed by atoms with van der Waals surface area (Å²) < 4.78 is 5.52. The molecule has 1 N–H and O–H groups in total. The summed E-state index contributed by atoms with van der Waals surface area (Å²) in [4.78, 5) is 16.6. The molecule has 2 aliphatic rings. The normalized spacial score (nSPS) is 27.7. The Morgan fingerprint density at radius 3 is 2.64 bits per heavy atom. The smallest absolute Gasteiger partial charge is 0.410 e. The predicted octanol–water partition coefficient (Wildman–Crippen LogP) is 2.48. The maximum atomic E-state index is 12.3. The molecule has 0 aromatic heterocycles. The molecule has 0 bridgehead atoms. The highest BCUT2D eigenvalue weighted by Crippen LogP contribution is 2.30. The molecule has 2 heterocycles. The molecule has 0 radical (unpaired) electrons. The van der Waals surface area contributed by atoms with Crippen LogP contribution in [-0.4, -0.2) is 65.4 Å². The van der Waals surface area contributed by atoms with Gasteiger partial charge in [0.2, 0.25) is 0 Å². The number of piperidine rings is 2. The fraction of sp³-hybridized carbons (Fsp3) is 0.941. The van der Waals surface area contributed by atoms with Crippen LogP contribution >= 0.6 is 0 Å². The van der Waals surface area contributed by atoms with Gasteiger partial charge in [0.1, 0.15) is 5.60 Å². The summed E-state index contributed by atoms with van der Waals surface area (Å²) in [6.07, 6.45) is 5.71. The van der Waals surface area contributed by atoms with Crippen LogP contribution in [0.15, 0.2) is 0 Å². The van der Waals surface area contributed by atoms with Crippen LogP contribution in [-0.2, 0) is 4.74 Å². The second-order valence-corrected chi connectivity index (χ2v) is 7.65. The van der Waals surface area contributed by atoms with Crippen molar-refractivity contribution >= 4 is 6.09 Å². The lowest BCUT2D eigenvalue weighted by atomic mass is 9.84. The average molecular weight is 312 g/mol. The van der Waals surface area contributed by atoms with Crippen LogP contribution in [0, 0.1) is 5.92 Å². The monoisotopic (exact) mass is 312 g/mol. The second kappa shape index (κ2) is 7.64. The fourth-order valence-electron chi connectivity index (χ4n) is 3.77. The van der Waals surface area contributed by atoms with E-state index in [1.165, 1.54) is 25.7 Å². The van der Waals surface area contributed by atoms with Crippen molar-refractivity contribution in [2.24, 2.45) is 5.92 Å². The van der Waals surface area contributed by atoms with Gasteiger partial charge in [-0.1, -0.05) is 6.42 Å². The van der Waals surface area contributed by atoms with Crippen molar-refractivity contribution in [3.63, 3.8) is 0 Å². The molecule has 2 aliphatic heterocycles. The Bertz CT molecular complexity index is 365. The number of rotatable bonds is 3. The van der Waals surface area contributed by atoms with Crippen molar-refractivity contribution in [3.8, 4) is 0 Å². The third kappa shape index (κ3) is 4.85. The summed E-state index contributed by atoms with van der Waals surface area (Å²) in [7, 11) is 0. The molecular weight excluding hydrogens is 280 g/mol. The Hall–Kier alpha value is -0.810. The largest absolute Gasteiger partial charge is 0.444 e. The number of carbonyl (C=O) groups is 1. The molecule has 2 atom stereocenters. The Balaban J connectivity index is 1.95. The number of nitrogens with zero attached hydrogens (tertiary/aromatic N) is 2. The van der Waals surface area contributed by atoms with Crippen LogP contribution in [0.3, 0.4) is 0 Å². The first-order chi connectivity index (χ1) is 10.4. The van der Waals surface area contributed by atoms with E-state index in [1.807, 2.05) is 25.7 Å². The third-order valence-corrected chi connectivity index (χ3v) is 4.71. The van der Waals surface area contributed by atoms with Gasteiger partial charge in [-0.25, -0.2) is 4.79 Å². The zero-order chi connectivity index (χ0) is 16.2. The number of carbonyl (C=O) groups excluding carboxylic acids is 1. The minimum atomic E-state index is -0.433. The Kier molecular flexibility index (Phi) is 6.09. The van der Waals surface area contributed by atoms with Gasteiger partial charge >= 0.3 is 6.09 Å². The van der Waals surface area contributed by atoms with Gasteiger partial charge in [0.15, 0.2) is 0 Å². The minimum Gasteiger partial charge on any atom is -0.444 e. The van der Waals surface area contributed by atoms with E-state index in [2.05, 4.69) is 4.90 Å². The summed E-state index contributed by atoms with van der Waals surface area (Å²) in [6.45, 7) is 9.39. The zero-order valence-corrected chi connectivity index (χ0v) is 14.4. The summed E-state index contributed by atoms with van der Waals surface area (Å²) in [5.74, 6) is 0.508. The van der Waals surface area contributed by atoms with Crippen molar-refractivity contribution in [2.45, 2.75) is 64.5 Å². The van der Waals surface area contributed by atoms with E-state index >= 15 is 0 Å². The SMILES string of the molecule is CC(C)(C)OC(=O)N1CCC[C@@H]([C@H]2CCCCN2CCO)C1. The summed E-state index contributed by atoms with van der Waals surface area (Å²) in [5, 5.41) is 9.28. The lowest BCUT2D eigenvalue weighted by Crippen LogP contribution is -2.52. The maximum absolute atomic E-state index is 12.3. The first-order valence-electron chi connectivity index (χ1n) is 8.73. The first kappa shape index (κ1) is 17.5. The number of aliphatic hydroxyl groups is 1. The lowest BCUT2D eigenvalue weighted by Gasteiger charge is -2.44. The van der Waals surface area contributed by atoms with Gasteiger partial charge in [-0.05, 0) is 58.9 Å². The molecule has 2 fully saturated rings. The average Bonchev–Trinajstić information content (AvgIpc) is 2.46. The standard InChI is InChI=1S/C17H32N2O3/c1-17(2,3)22-16(21)19-10-6-7-14(13-19)15-8-4-5-9-18(15)11-12-20/h14-15,20H,4-13H2,1-3H3/t14-,15-/m1/s1. The fourth-order valence-corrected chi connectivity index (χ4v) is 3.77. The molecule has 0 aromatic rings. The van der Waals surface area contributed by atoms with E-state index in [0.717, 1.165) is 32.6 Å². The van der Waals surface area contributed by atoms with Crippen molar-refractivity contribution in [1.82, 2.24) is 9.80 Å². The highest BCUT2D eigenvalue weighted by molar-refractivity contribution is 5.68. The quantitative estimate of drug-likeness (QED) is 0.870. The summed E-state index contributed by atoms with van der Waals surface area (Å²) >= 11 is 0. The number of ether oxygens (including phenoxy) is 1. The van der Waals surface area contributed by atoms with Crippen molar-refractivity contribution in [1.29, 1.82) is 0 Å². The van der Waals surface area contributed by atoms with Gasteiger partial charge < -0.3 is 14.7 Å². The van der Waals surface area contributed by atoms with Crippen molar-refractivity contribution in [2.75, 3.05) is 32.8 Å². The number of hydrogen-bond acceptors (Lipinski definition) is 4. The maximum Gasteiger partial charge on any atom is 0.410 e. The third-order valence-electron chi connectivity index (χ3n) is 4.71. The molecule has 0 spiro atoms. The number of β-amino-alcohol motifs (C(OH)–C–C–N with tert-alkyl or cyclic N) is 1. The highest BCUT2D eigenvalue weighted by atomic mass is 16.6. The molecule has 2 saturated heterocycles. The van der Waals surface area contributed by atoms with Crippen LogP contribution in [0.2, 0.25) is 0 Å². The van der Waals surface area contributed by atoms with Gasteiger partial charge in [-0.15, -0.1) is 0 Å². The van der Waals surface area contributed by atoms with Gasteiger partial charge in [-0.2, -0.15) is 0 Å². The van der Waals surface area contributed by atoms with Crippen LogP contribution in [0.5, 0.6) is 0 Å². The second-order valence-electron chi connectivity index (χ2n) is 7.65. The zero-order valence-electron chi connectivity index (χ0n) is 14.4. The van der Waals surface area contributed by atoms with Gasteiger partial charge in [-0.3, -0.25) is 4.90 Å². The molecule has 1 amide bonds. The van der Waals surface area contributed by atoms with Gasteiger partial charge in [0.05, 0.1) is 6.61 Å². The molecule has 2 rings (SSSR count). The van der Waals surface area contributed by atoms with E-state index < -0.39 is 5.60 Å². The Morgan fingerprint density at radius 1 is 1.18 bits per heavy atom. The molecule has 5 heteroatoms. The molecule has 128 valence electrons. The molecule has 0 unspecified atom stereocenters. The van der Waals surface area contributed by atoms with Crippen LogP contribution in [0.4, 0.5) is 4.79 Å². The van der Waals surface area contributed by atoms with Crippen LogP contribution in [0.25, 0.3) is 0 Å². The van der Waals surface area contributed by atoms with E-state index in [0.29, 0.717) is 12.0 Å². The number of aliphatic hydroxyl groups excluding tert-OH is 1. The highest BCUT2D eigenvalue weighted by Gasteiger charge is 2.35. The minimum absolute atomic E-state index is 0.179. The predicted molar refractivity (Wildman–Crippen MR) is 86.8 cm³/mol. The molecule has 0 saturated carbocycles. The molecule has 0 aromatic carbocycles. The van der Waals surface area contributed by atoms with Crippen molar-refractivity contribution < 1.29 is 14.6 Å². The summed E-state index contributed by atoms with van der Waals surface area (Å²) in [6, 6.07) is 0.506. The first-order valence-corrected chi connectivity index (χ1v) is 8.73. The van der Waals surface area contributed by atoms with Crippen molar-refractivity contribution in [3.05, 3.63) is 0 Å². The van der Waals surface area contributed by atoms with Gasteiger partial charge in [0.25, 0.3) is 0 Å².